The van der Waals surface area contributed by atoms with Gasteiger partial charge in [-0.05, 0) is 26.3 Å². The topological polar surface area (TPSA) is 56.1 Å². The molecular formula is C19H27N3O2. The van der Waals surface area contributed by atoms with Crippen molar-refractivity contribution in [3.8, 4) is 0 Å². The number of nitrogens with zero attached hydrogens (tertiary/aromatic N) is 2. The van der Waals surface area contributed by atoms with Gasteiger partial charge in [-0.25, -0.2) is 4.68 Å². The first-order valence-electron chi connectivity index (χ1n) is 8.76. The molecule has 1 N–H and O–H groups in total. The molecule has 0 unspecified atom stereocenters. The van der Waals surface area contributed by atoms with Crippen molar-refractivity contribution in [3.05, 3.63) is 40.8 Å². The van der Waals surface area contributed by atoms with Gasteiger partial charge in [0.15, 0.2) is 0 Å². The van der Waals surface area contributed by atoms with E-state index >= 15 is 0 Å². The van der Waals surface area contributed by atoms with Crippen LogP contribution in [0.2, 0.25) is 0 Å². The highest BCUT2D eigenvalue weighted by Gasteiger charge is 2.48. The van der Waals surface area contributed by atoms with Crippen LogP contribution in [-0.2, 0) is 11.3 Å². The van der Waals surface area contributed by atoms with Gasteiger partial charge in [0.1, 0.15) is 0 Å². The molecule has 0 spiro atoms. The fourth-order valence-electron chi connectivity index (χ4n) is 3.57. The quantitative estimate of drug-likeness (QED) is 0.885. The second kappa shape index (κ2) is 6.65. The lowest BCUT2D eigenvalue weighted by molar-refractivity contribution is -0.116. The zero-order chi connectivity index (χ0) is 17.3. The van der Waals surface area contributed by atoms with Gasteiger partial charge in [-0.15, -0.1) is 0 Å². The molecule has 0 amide bonds. The van der Waals surface area contributed by atoms with E-state index in [0.29, 0.717) is 18.7 Å². The maximum absolute atomic E-state index is 12.6. The van der Waals surface area contributed by atoms with Crippen LogP contribution >= 0.6 is 0 Å². The average Bonchev–Trinajstić information content (AvgIpc) is 2.57. The maximum atomic E-state index is 12.6. The number of hydrogen-bond acceptors (Lipinski definition) is 4. The smallest absolute Gasteiger partial charge is 0.274 e. The SMILES string of the molecule is CCO[C@@H]1C[C@@H](N[C@@H](C)Cn2ncc3ccccc3c2=O)C1(C)C. The number of rotatable bonds is 6. The number of fused-ring (bicyclic) bond motifs is 1. The van der Waals surface area contributed by atoms with Crippen molar-refractivity contribution >= 4 is 10.8 Å². The van der Waals surface area contributed by atoms with Gasteiger partial charge in [-0.3, -0.25) is 4.79 Å². The van der Waals surface area contributed by atoms with Gasteiger partial charge in [-0.2, -0.15) is 5.10 Å². The number of hydrogen-bond donors (Lipinski definition) is 1. The first-order valence-corrected chi connectivity index (χ1v) is 8.76. The highest BCUT2D eigenvalue weighted by Crippen LogP contribution is 2.42. The van der Waals surface area contributed by atoms with Gasteiger partial charge in [0.05, 0.1) is 24.2 Å². The molecule has 0 radical (unpaired) electrons. The summed E-state index contributed by atoms with van der Waals surface area (Å²) < 4.78 is 7.34. The Labute approximate surface area is 143 Å². The molecule has 3 atom stereocenters. The molecule has 0 saturated heterocycles. The highest BCUT2D eigenvalue weighted by molar-refractivity contribution is 5.80. The van der Waals surface area contributed by atoms with Gasteiger partial charge in [0, 0.05) is 29.5 Å². The molecule has 1 aliphatic carbocycles. The van der Waals surface area contributed by atoms with E-state index in [0.717, 1.165) is 23.8 Å². The van der Waals surface area contributed by atoms with E-state index in [1.807, 2.05) is 31.2 Å². The Morgan fingerprint density at radius 1 is 1.42 bits per heavy atom. The molecule has 1 aliphatic rings. The lowest BCUT2D eigenvalue weighted by Gasteiger charge is -2.52. The third kappa shape index (κ3) is 3.10. The van der Waals surface area contributed by atoms with Gasteiger partial charge in [0.2, 0.25) is 0 Å². The van der Waals surface area contributed by atoms with Crippen molar-refractivity contribution in [1.82, 2.24) is 15.1 Å². The van der Waals surface area contributed by atoms with Crippen LogP contribution in [0, 0.1) is 5.41 Å². The van der Waals surface area contributed by atoms with Crippen molar-refractivity contribution in [2.75, 3.05) is 6.61 Å². The van der Waals surface area contributed by atoms with Crippen LogP contribution < -0.4 is 10.9 Å². The molecule has 3 rings (SSSR count). The predicted molar refractivity (Wildman–Crippen MR) is 96.2 cm³/mol. The minimum atomic E-state index is -0.0261. The Hall–Kier alpha value is -1.72. The first-order chi connectivity index (χ1) is 11.4. The van der Waals surface area contributed by atoms with Gasteiger partial charge in [0.25, 0.3) is 5.56 Å². The fourth-order valence-corrected chi connectivity index (χ4v) is 3.57. The summed E-state index contributed by atoms with van der Waals surface area (Å²) in [5.74, 6) is 0. The number of aromatic nitrogens is 2. The fraction of sp³-hybridized carbons (Fsp3) is 0.579. The molecular weight excluding hydrogens is 302 g/mol. The Balaban J connectivity index is 1.67. The minimum Gasteiger partial charge on any atom is -0.378 e. The van der Waals surface area contributed by atoms with Crippen LogP contribution in [0.15, 0.2) is 35.3 Å². The van der Waals surface area contributed by atoms with E-state index in [1.54, 1.807) is 10.9 Å². The molecule has 24 heavy (non-hydrogen) atoms. The van der Waals surface area contributed by atoms with E-state index < -0.39 is 0 Å². The molecule has 1 heterocycles. The molecule has 0 aliphatic heterocycles. The second-order valence-electron chi connectivity index (χ2n) is 7.34. The van der Waals surface area contributed by atoms with Crippen molar-refractivity contribution in [1.29, 1.82) is 0 Å². The molecule has 1 aromatic heterocycles. The summed E-state index contributed by atoms with van der Waals surface area (Å²) in [7, 11) is 0. The van der Waals surface area contributed by atoms with E-state index in [4.69, 9.17) is 4.74 Å². The van der Waals surface area contributed by atoms with Gasteiger partial charge < -0.3 is 10.1 Å². The van der Waals surface area contributed by atoms with E-state index in [9.17, 15) is 4.79 Å². The summed E-state index contributed by atoms with van der Waals surface area (Å²) in [6.45, 7) is 9.94. The van der Waals surface area contributed by atoms with Crippen LogP contribution in [0.3, 0.4) is 0 Å². The van der Waals surface area contributed by atoms with E-state index in [-0.39, 0.29) is 17.0 Å². The Kier molecular flexibility index (Phi) is 4.74. The summed E-state index contributed by atoms with van der Waals surface area (Å²) in [5.41, 5.74) is 0.0910. The van der Waals surface area contributed by atoms with Crippen LogP contribution in [0.25, 0.3) is 10.8 Å². The number of ether oxygens (including phenoxy) is 1. The first kappa shape index (κ1) is 17.1. The summed E-state index contributed by atoms with van der Waals surface area (Å²) in [6, 6.07) is 8.16. The normalized spacial score (nSPS) is 23.8. The summed E-state index contributed by atoms with van der Waals surface area (Å²) in [6.07, 6.45) is 3.10. The lowest BCUT2D eigenvalue weighted by Crippen LogP contribution is -2.63. The van der Waals surface area contributed by atoms with Crippen LogP contribution in [0.5, 0.6) is 0 Å². The van der Waals surface area contributed by atoms with Crippen LogP contribution in [0.4, 0.5) is 0 Å². The van der Waals surface area contributed by atoms with Gasteiger partial charge >= 0.3 is 0 Å². The Bertz CT molecular complexity index is 769. The van der Waals surface area contributed by atoms with E-state index in [1.165, 1.54) is 0 Å². The molecule has 5 heteroatoms. The lowest BCUT2D eigenvalue weighted by atomic mass is 9.64. The monoisotopic (exact) mass is 329 g/mol. The van der Waals surface area contributed by atoms with Crippen LogP contribution in [-0.4, -0.2) is 34.6 Å². The summed E-state index contributed by atoms with van der Waals surface area (Å²) >= 11 is 0. The third-order valence-corrected chi connectivity index (χ3v) is 5.24. The van der Waals surface area contributed by atoms with E-state index in [2.05, 4.69) is 31.2 Å². The molecule has 5 nitrogen and oxygen atoms in total. The van der Waals surface area contributed by atoms with Crippen molar-refractivity contribution in [2.45, 2.75) is 58.8 Å². The van der Waals surface area contributed by atoms with Crippen molar-refractivity contribution in [2.24, 2.45) is 5.41 Å². The molecule has 1 aromatic carbocycles. The van der Waals surface area contributed by atoms with Crippen molar-refractivity contribution in [3.63, 3.8) is 0 Å². The summed E-state index contributed by atoms with van der Waals surface area (Å²) in [4.78, 5) is 12.6. The minimum absolute atomic E-state index is 0.0261. The standard InChI is InChI=1S/C19H27N3O2/c1-5-24-17-10-16(19(17,3)4)21-13(2)12-22-18(23)15-9-7-6-8-14(15)11-20-22/h6-9,11,13,16-17,21H,5,10,12H2,1-4H3/t13-,16+,17+/m0/s1. The molecule has 130 valence electrons. The second-order valence-corrected chi connectivity index (χ2v) is 7.34. The maximum Gasteiger partial charge on any atom is 0.274 e. The molecule has 1 fully saturated rings. The zero-order valence-corrected chi connectivity index (χ0v) is 15.0. The number of nitrogens with one attached hydrogen (secondary N) is 1. The number of benzene rings is 1. The molecule has 0 bridgehead atoms. The Morgan fingerprint density at radius 3 is 2.88 bits per heavy atom. The predicted octanol–water partition coefficient (Wildman–Crippen LogP) is 2.58. The summed E-state index contributed by atoms with van der Waals surface area (Å²) in [5, 5.41) is 9.57. The Morgan fingerprint density at radius 2 is 2.17 bits per heavy atom. The third-order valence-electron chi connectivity index (χ3n) is 5.24. The largest absolute Gasteiger partial charge is 0.378 e. The highest BCUT2D eigenvalue weighted by atomic mass is 16.5. The molecule has 2 aromatic rings. The average molecular weight is 329 g/mol. The van der Waals surface area contributed by atoms with Crippen molar-refractivity contribution < 1.29 is 4.74 Å². The molecule has 1 saturated carbocycles. The van der Waals surface area contributed by atoms with Gasteiger partial charge in [-0.1, -0.05) is 32.0 Å². The van der Waals surface area contributed by atoms with Crippen LogP contribution in [0.1, 0.15) is 34.1 Å². The zero-order valence-electron chi connectivity index (χ0n) is 15.0.